The molecule has 0 unspecified atom stereocenters. The van der Waals surface area contributed by atoms with Gasteiger partial charge in [0.15, 0.2) is 17.0 Å². The Labute approximate surface area is 186 Å². The number of hydrogen-bond donors (Lipinski definition) is 2. The molecule has 0 aliphatic carbocycles. The third-order valence-electron chi connectivity index (χ3n) is 5.70. The number of carbonyl (C=O) groups is 3. The highest BCUT2D eigenvalue weighted by atomic mass is 16.5. The summed E-state index contributed by atoms with van der Waals surface area (Å²) in [4.78, 5) is 39.1. The highest BCUT2D eigenvalue weighted by Gasteiger charge is 2.51. The summed E-state index contributed by atoms with van der Waals surface area (Å²) in [6.45, 7) is 6.29. The second-order valence-electron chi connectivity index (χ2n) is 8.47. The van der Waals surface area contributed by atoms with Crippen LogP contribution in [0.2, 0.25) is 0 Å². The summed E-state index contributed by atoms with van der Waals surface area (Å²) >= 11 is 0. The van der Waals surface area contributed by atoms with Crippen molar-refractivity contribution < 1.29 is 28.3 Å². The summed E-state index contributed by atoms with van der Waals surface area (Å²) in [5.41, 5.74) is -0.484. The van der Waals surface area contributed by atoms with E-state index in [4.69, 9.17) is 13.9 Å². The fourth-order valence-electron chi connectivity index (χ4n) is 3.94. The minimum atomic E-state index is -1.34. The number of nitrogens with one attached hydrogen (secondary N) is 2. The molecule has 0 saturated carbocycles. The van der Waals surface area contributed by atoms with Gasteiger partial charge in [-0.3, -0.25) is 14.5 Å². The smallest absolute Gasteiger partial charge is 0.325 e. The maximum atomic E-state index is 12.9. The largest absolute Gasteiger partial charge is 0.490 e. The van der Waals surface area contributed by atoms with E-state index in [-0.39, 0.29) is 12.0 Å². The molecule has 1 aromatic heterocycles. The predicted molar refractivity (Wildman–Crippen MR) is 114 cm³/mol. The Morgan fingerprint density at radius 2 is 1.94 bits per heavy atom. The Morgan fingerprint density at radius 1 is 1.19 bits per heavy atom. The Kier molecular flexibility index (Phi) is 5.82. The molecule has 1 aromatic carbocycles. The summed E-state index contributed by atoms with van der Waals surface area (Å²) in [7, 11) is 0. The molecule has 1 fully saturated rings. The highest BCUT2D eigenvalue weighted by molar-refractivity contribution is 6.08. The van der Waals surface area contributed by atoms with Crippen LogP contribution >= 0.6 is 0 Å². The average Bonchev–Trinajstić information content (AvgIpc) is 3.29. The first kappa shape index (κ1) is 21.7. The molecule has 1 saturated heterocycles. The van der Waals surface area contributed by atoms with Crippen molar-refractivity contribution in [3.8, 4) is 11.5 Å². The van der Waals surface area contributed by atoms with Crippen LogP contribution in [0, 0.1) is 5.92 Å². The molecular weight excluding hydrogens is 414 g/mol. The topological polar surface area (TPSA) is 110 Å². The van der Waals surface area contributed by atoms with Crippen molar-refractivity contribution >= 4 is 17.8 Å². The minimum Gasteiger partial charge on any atom is -0.490 e. The second kappa shape index (κ2) is 8.57. The van der Waals surface area contributed by atoms with Crippen LogP contribution in [0.4, 0.5) is 4.79 Å². The van der Waals surface area contributed by atoms with Gasteiger partial charge in [-0.15, -0.1) is 0 Å². The van der Waals surface area contributed by atoms with Crippen LogP contribution in [-0.2, 0) is 15.1 Å². The number of amides is 4. The van der Waals surface area contributed by atoms with E-state index >= 15 is 0 Å². The van der Waals surface area contributed by atoms with Crippen molar-refractivity contribution in [1.29, 1.82) is 0 Å². The second-order valence-corrected chi connectivity index (χ2v) is 8.47. The maximum absolute atomic E-state index is 12.9. The number of furan rings is 1. The van der Waals surface area contributed by atoms with E-state index in [2.05, 4.69) is 10.6 Å². The van der Waals surface area contributed by atoms with E-state index in [1.54, 1.807) is 19.1 Å². The normalized spacial score (nSPS) is 21.3. The summed E-state index contributed by atoms with van der Waals surface area (Å²) in [6.07, 6.45) is 2.23. The molecule has 4 rings (SSSR count). The van der Waals surface area contributed by atoms with E-state index in [9.17, 15) is 14.4 Å². The van der Waals surface area contributed by atoms with Crippen LogP contribution in [0.3, 0.4) is 0 Å². The lowest BCUT2D eigenvalue weighted by molar-refractivity contribution is -0.135. The zero-order valence-electron chi connectivity index (χ0n) is 18.3. The number of rotatable bonds is 6. The Hall–Kier alpha value is -3.49. The fraction of sp³-hybridized carbons (Fsp3) is 0.435. The minimum absolute atomic E-state index is 0.0557. The van der Waals surface area contributed by atoms with E-state index in [0.29, 0.717) is 30.5 Å². The van der Waals surface area contributed by atoms with E-state index in [1.165, 1.54) is 6.26 Å². The highest BCUT2D eigenvalue weighted by Crippen LogP contribution is 2.34. The van der Waals surface area contributed by atoms with Crippen molar-refractivity contribution in [3.05, 3.63) is 47.9 Å². The standard InChI is InChI=1S/C23H27N3O6/c1-14(2)20(15-7-8-16-17(12-15)31-11-5-10-30-16)24-19(27)13-26-21(28)23(3,25-22(26)29)18-6-4-9-32-18/h4,6-9,12,14,20H,5,10-11,13H2,1-3H3,(H,24,27)(H,25,29)/t20-,23-/m0/s1. The van der Waals surface area contributed by atoms with Crippen LogP contribution in [0.25, 0.3) is 0 Å². The van der Waals surface area contributed by atoms with Crippen molar-refractivity contribution in [2.75, 3.05) is 19.8 Å². The number of nitrogens with zero attached hydrogens (tertiary/aromatic N) is 1. The van der Waals surface area contributed by atoms with Crippen LogP contribution in [0.15, 0.2) is 41.0 Å². The van der Waals surface area contributed by atoms with Crippen LogP contribution in [0.5, 0.6) is 11.5 Å². The third-order valence-corrected chi connectivity index (χ3v) is 5.70. The van der Waals surface area contributed by atoms with E-state index in [0.717, 1.165) is 16.9 Å². The van der Waals surface area contributed by atoms with Gasteiger partial charge < -0.3 is 24.5 Å². The first-order chi connectivity index (χ1) is 15.3. The number of ether oxygens (including phenoxy) is 2. The molecule has 9 heteroatoms. The molecule has 2 aliphatic rings. The molecule has 3 heterocycles. The molecule has 0 radical (unpaired) electrons. The van der Waals surface area contributed by atoms with Gasteiger partial charge in [0.1, 0.15) is 12.3 Å². The van der Waals surface area contributed by atoms with Crippen molar-refractivity contribution in [3.63, 3.8) is 0 Å². The number of carbonyl (C=O) groups excluding carboxylic acids is 3. The summed E-state index contributed by atoms with van der Waals surface area (Å²) in [5.74, 6) is 0.707. The first-order valence-electron chi connectivity index (χ1n) is 10.7. The number of urea groups is 1. The molecule has 2 aliphatic heterocycles. The Morgan fingerprint density at radius 3 is 2.62 bits per heavy atom. The molecule has 0 spiro atoms. The zero-order valence-corrected chi connectivity index (χ0v) is 18.3. The third kappa shape index (κ3) is 4.02. The van der Waals surface area contributed by atoms with Gasteiger partial charge in [0, 0.05) is 6.42 Å². The van der Waals surface area contributed by atoms with Gasteiger partial charge in [-0.2, -0.15) is 0 Å². The molecule has 4 amide bonds. The van der Waals surface area contributed by atoms with Crippen LogP contribution < -0.4 is 20.1 Å². The lowest BCUT2D eigenvalue weighted by atomic mass is 9.95. The molecule has 9 nitrogen and oxygen atoms in total. The molecule has 32 heavy (non-hydrogen) atoms. The fourth-order valence-corrected chi connectivity index (χ4v) is 3.94. The molecular formula is C23H27N3O6. The summed E-state index contributed by atoms with van der Waals surface area (Å²) in [5, 5.41) is 5.57. The number of hydrogen-bond acceptors (Lipinski definition) is 6. The molecule has 2 N–H and O–H groups in total. The molecule has 2 aromatic rings. The van der Waals surface area contributed by atoms with E-state index < -0.39 is 29.9 Å². The van der Waals surface area contributed by atoms with Crippen molar-refractivity contribution in [2.24, 2.45) is 5.92 Å². The average molecular weight is 441 g/mol. The SMILES string of the molecule is CC(C)[C@H](NC(=O)CN1C(=O)N[C@@](C)(c2ccco2)C1=O)c1ccc2c(c1)OCCCO2. The summed E-state index contributed by atoms with van der Waals surface area (Å²) in [6, 6.07) is 7.87. The number of fused-ring (bicyclic) bond motifs is 1. The van der Waals surface area contributed by atoms with Crippen LogP contribution in [0.1, 0.15) is 44.6 Å². The predicted octanol–water partition coefficient (Wildman–Crippen LogP) is 2.72. The monoisotopic (exact) mass is 441 g/mol. The lowest BCUT2D eigenvalue weighted by Crippen LogP contribution is -2.44. The quantitative estimate of drug-likeness (QED) is 0.667. The first-order valence-corrected chi connectivity index (χ1v) is 10.7. The molecule has 170 valence electrons. The molecule has 2 atom stereocenters. The van der Waals surface area contributed by atoms with Gasteiger partial charge in [0.2, 0.25) is 5.91 Å². The van der Waals surface area contributed by atoms with Gasteiger partial charge in [-0.1, -0.05) is 19.9 Å². The van der Waals surface area contributed by atoms with Gasteiger partial charge in [0.25, 0.3) is 5.91 Å². The lowest BCUT2D eigenvalue weighted by Gasteiger charge is -2.25. The van der Waals surface area contributed by atoms with Crippen LogP contribution in [-0.4, -0.2) is 42.5 Å². The maximum Gasteiger partial charge on any atom is 0.325 e. The Bertz CT molecular complexity index is 1020. The van der Waals surface area contributed by atoms with Gasteiger partial charge in [-0.25, -0.2) is 4.79 Å². The van der Waals surface area contributed by atoms with Gasteiger partial charge in [-0.05, 0) is 42.7 Å². The van der Waals surface area contributed by atoms with Gasteiger partial charge >= 0.3 is 6.03 Å². The zero-order chi connectivity index (χ0) is 22.9. The number of benzene rings is 1. The van der Waals surface area contributed by atoms with Crippen molar-refractivity contribution in [2.45, 2.75) is 38.8 Å². The van der Waals surface area contributed by atoms with Gasteiger partial charge in [0.05, 0.1) is 25.5 Å². The summed E-state index contributed by atoms with van der Waals surface area (Å²) < 4.78 is 16.8. The number of imide groups is 1. The molecule has 0 bridgehead atoms. The van der Waals surface area contributed by atoms with Crippen molar-refractivity contribution in [1.82, 2.24) is 15.5 Å². The van der Waals surface area contributed by atoms with E-state index in [1.807, 2.05) is 32.0 Å². The Balaban J connectivity index is 1.48.